The first-order chi connectivity index (χ1) is 15.9. The average molecular weight is 540 g/mol. The van der Waals surface area contributed by atoms with Gasteiger partial charge >= 0.3 is 6.09 Å². The molecule has 1 heterocycles. The number of likely N-dealkylation sites (tertiary alicyclic amines) is 1. The molecular weight excluding hydrogens is 505 g/mol. The summed E-state index contributed by atoms with van der Waals surface area (Å²) in [5.41, 5.74) is -0.456. The van der Waals surface area contributed by atoms with Crippen molar-refractivity contribution in [2.45, 2.75) is 39.2 Å². The summed E-state index contributed by atoms with van der Waals surface area (Å²) in [6, 6.07) is 33.2. The maximum atomic E-state index is 12.6. The van der Waals surface area contributed by atoms with Crippen LogP contribution in [-0.4, -0.2) is 35.8 Å². The number of benzene rings is 3. The van der Waals surface area contributed by atoms with E-state index in [1.807, 2.05) is 25.7 Å². The second kappa shape index (κ2) is 11.5. The Bertz CT molecular complexity index is 933. The van der Waals surface area contributed by atoms with Gasteiger partial charge in [-0.25, -0.2) is 4.79 Å². The fourth-order valence-corrected chi connectivity index (χ4v) is 9.53. The maximum Gasteiger partial charge on any atom is 0.410 e. The van der Waals surface area contributed by atoms with Crippen LogP contribution in [0.15, 0.2) is 91.0 Å². The van der Waals surface area contributed by atoms with E-state index in [4.69, 9.17) is 4.74 Å². The largest absolute Gasteiger partial charge is 1.00 e. The second-order valence-corrected chi connectivity index (χ2v) is 13.4. The highest BCUT2D eigenvalue weighted by atomic mass is 79.9. The molecule has 1 aliphatic rings. The molecule has 0 bridgehead atoms. The number of carbonyl (C=O) groups excluding carboxylic acids is 1. The maximum absolute atomic E-state index is 12.6. The van der Waals surface area contributed by atoms with E-state index in [0.29, 0.717) is 5.92 Å². The van der Waals surface area contributed by atoms with Crippen LogP contribution in [0.4, 0.5) is 4.79 Å². The standard InChI is InChI=1S/C29H35NO2P.BrH/c1-29(2,3)32-28(31)30-21-19-24(20-22-30)23-33(25-13-7-4-8-14-25,26-15-9-5-10-16-26)27-17-11-6-12-18-27;/h4-18,24H,19-23H2,1-3H3;1H/q+1;/p-1. The molecule has 0 aliphatic carbocycles. The zero-order valence-corrected chi connectivity index (χ0v) is 22.8. The molecule has 1 saturated heterocycles. The Balaban J connectivity index is 0.00000324. The smallest absolute Gasteiger partial charge is 0.410 e. The van der Waals surface area contributed by atoms with E-state index in [2.05, 4.69) is 91.0 Å². The Kier molecular flexibility index (Phi) is 8.95. The first-order valence-electron chi connectivity index (χ1n) is 11.9. The molecule has 3 aromatic carbocycles. The van der Waals surface area contributed by atoms with Gasteiger partial charge in [0.25, 0.3) is 0 Å². The topological polar surface area (TPSA) is 29.5 Å². The highest BCUT2D eigenvalue weighted by molar-refractivity contribution is 7.95. The van der Waals surface area contributed by atoms with Gasteiger partial charge in [0.2, 0.25) is 0 Å². The molecule has 0 atom stereocenters. The number of nitrogens with zero attached hydrogens (tertiary/aromatic N) is 1. The molecule has 3 nitrogen and oxygen atoms in total. The molecule has 1 aliphatic heterocycles. The molecule has 0 radical (unpaired) electrons. The number of halogens is 1. The van der Waals surface area contributed by atoms with Crippen LogP contribution in [-0.2, 0) is 4.74 Å². The summed E-state index contributed by atoms with van der Waals surface area (Å²) in [7, 11) is -1.83. The summed E-state index contributed by atoms with van der Waals surface area (Å²) in [6.07, 6.45) is 2.95. The van der Waals surface area contributed by atoms with Crippen molar-refractivity contribution < 1.29 is 26.5 Å². The molecule has 3 aromatic rings. The summed E-state index contributed by atoms with van der Waals surface area (Å²) >= 11 is 0. The Hall–Kier alpha value is -2.16. The SMILES string of the molecule is CC(C)(C)OC(=O)N1CCC(C[P+](c2ccccc2)(c2ccccc2)c2ccccc2)CC1.[Br-]. The number of piperidine rings is 1. The lowest BCUT2D eigenvalue weighted by molar-refractivity contribution is -0.0000615. The third-order valence-corrected chi connectivity index (χ3v) is 11.0. The van der Waals surface area contributed by atoms with Gasteiger partial charge in [-0.05, 0) is 75.9 Å². The van der Waals surface area contributed by atoms with Crippen molar-refractivity contribution in [3.63, 3.8) is 0 Å². The van der Waals surface area contributed by atoms with E-state index < -0.39 is 12.9 Å². The Morgan fingerprint density at radius 1 is 0.794 bits per heavy atom. The predicted octanol–water partition coefficient (Wildman–Crippen LogP) is 2.63. The van der Waals surface area contributed by atoms with Gasteiger partial charge in [-0.2, -0.15) is 0 Å². The van der Waals surface area contributed by atoms with Crippen LogP contribution < -0.4 is 32.9 Å². The third kappa shape index (κ3) is 6.09. The normalized spacial score (nSPS) is 14.9. The number of ether oxygens (including phenoxy) is 1. The molecule has 34 heavy (non-hydrogen) atoms. The molecule has 0 aromatic heterocycles. The summed E-state index contributed by atoms with van der Waals surface area (Å²) in [5, 5.41) is 4.28. The van der Waals surface area contributed by atoms with Gasteiger partial charge in [0, 0.05) is 13.1 Å². The molecule has 180 valence electrons. The van der Waals surface area contributed by atoms with Crippen molar-refractivity contribution in [3.05, 3.63) is 91.0 Å². The lowest BCUT2D eigenvalue weighted by Crippen LogP contribution is -3.00. The van der Waals surface area contributed by atoms with Gasteiger partial charge in [0.05, 0.1) is 6.16 Å². The number of carbonyl (C=O) groups is 1. The predicted molar refractivity (Wildman–Crippen MR) is 141 cm³/mol. The zero-order chi connectivity index (χ0) is 23.3. The summed E-state index contributed by atoms with van der Waals surface area (Å²) < 4.78 is 5.62. The Labute approximate surface area is 215 Å². The highest BCUT2D eigenvalue weighted by Crippen LogP contribution is 2.57. The minimum absolute atomic E-state index is 0. The Morgan fingerprint density at radius 3 is 1.53 bits per heavy atom. The van der Waals surface area contributed by atoms with Crippen LogP contribution in [0.5, 0.6) is 0 Å². The minimum atomic E-state index is -1.83. The third-order valence-electron chi connectivity index (χ3n) is 6.39. The van der Waals surface area contributed by atoms with Gasteiger partial charge in [-0.15, -0.1) is 0 Å². The Morgan fingerprint density at radius 2 is 1.18 bits per heavy atom. The van der Waals surface area contributed by atoms with Crippen molar-refractivity contribution in [1.29, 1.82) is 0 Å². The molecule has 5 heteroatoms. The van der Waals surface area contributed by atoms with Gasteiger partial charge in [-0.1, -0.05) is 54.6 Å². The summed E-state index contributed by atoms with van der Waals surface area (Å²) in [6.45, 7) is 7.30. The van der Waals surface area contributed by atoms with Crippen LogP contribution in [0, 0.1) is 5.92 Å². The molecule has 0 N–H and O–H groups in total. The number of rotatable bonds is 5. The lowest BCUT2D eigenvalue weighted by Gasteiger charge is -2.36. The van der Waals surface area contributed by atoms with E-state index in [1.165, 1.54) is 15.9 Å². The first-order valence-corrected chi connectivity index (χ1v) is 13.9. The van der Waals surface area contributed by atoms with Gasteiger partial charge < -0.3 is 26.6 Å². The lowest BCUT2D eigenvalue weighted by atomic mass is 9.99. The quantitative estimate of drug-likeness (QED) is 0.466. The number of amides is 1. The molecule has 1 amide bonds. The van der Waals surface area contributed by atoms with E-state index in [9.17, 15) is 4.79 Å². The van der Waals surface area contributed by atoms with Crippen molar-refractivity contribution in [1.82, 2.24) is 4.90 Å². The van der Waals surface area contributed by atoms with E-state index in [1.54, 1.807) is 0 Å². The van der Waals surface area contributed by atoms with E-state index in [-0.39, 0.29) is 23.1 Å². The highest BCUT2D eigenvalue weighted by Gasteiger charge is 2.47. The van der Waals surface area contributed by atoms with E-state index in [0.717, 1.165) is 32.1 Å². The van der Waals surface area contributed by atoms with Crippen LogP contribution in [0.3, 0.4) is 0 Å². The molecule has 1 fully saturated rings. The second-order valence-electron chi connectivity index (χ2n) is 9.91. The van der Waals surface area contributed by atoms with Gasteiger partial charge in [0.15, 0.2) is 0 Å². The van der Waals surface area contributed by atoms with Gasteiger partial charge in [-0.3, -0.25) is 0 Å². The molecule has 0 saturated carbocycles. The summed E-state index contributed by atoms with van der Waals surface area (Å²) in [4.78, 5) is 14.5. The van der Waals surface area contributed by atoms with Crippen molar-refractivity contribution in [3.8, 4) is 0 Å². The van der Waals surface area contributed by atoms with Crippen molar-refractivity contribution in [2.24, 2.45) is 5.92 Å². The van der Waals surface area contributed by atoms with Crippen LogP contribution in [0.2, 0.25) is 0 Å². The molecule has 4 rings (SSSR count). The molecule has 0 spiro atoms. The number of hydrogen-bond donors (Lipinski definition) is 0. The number of hydrogen-bond acceptors (Lipinski definition) is 2. The van der Waals surface area contributed by atoms with Crippen molar-refractivity contribution >= 4 is 29.3 Å². The molecule has 0 unspecified atom stereocenters. The minimum Gasteiger partial charge on any atom is -1.00 e. The van der Waals surface area contributed by atoms with Crippen LogP contribution >= 0.6 is 7.26 Å². The summed E-state index contributed by atoms with van der Waals surface area (Å²) in [5.74, 6) is 0.553. The molecular formula is C29H35BrNO2P. The average Bonchev–Trinajstić information content (AvgIpc) is 2.83. The fourth-order valence-electron chi connectivity index (χ4n) is 4.82. The van der Waals surface area contributed by atoms with E-state index >= 15 is 0 Å². The van der Waals surface area contributed by atoms with Crippen LogP contribution in [0.25, 0.3) is 0 Å². The van der Waals surface area contributed by atoms with Crippen LogP contribution in [0.1, 0.15) is 33.6 Å². The fraction of sp³-hybridized carbons (Fsp3) is 0.345. The monoisotopic (exact) mass is 539 g/mol. The van der Waals surface area contributed by atoms with Crippen molar-refractivity contribution in [2.75, 3.05) is 19.3 Å². The van der Waals surface area contributed by atoms with Gasteiger partial charge in [0.1, 0.15) is 28.8 Å². The first kappa shape index (κ1) is 26.4. The zero-order valence-electron chi connectivity index (χ0n) is 20.4.